The molecule has 0 bridgehead atoms. The predicted octanol–water partition coefficient (Wildman–Crippen LogP) is 3.22. The zero-order valence-corrected chi connectivity index (χ0v) is 15.2. The maximum atomic E-state index is 5.78. The lowest BCUT2D eigenvalue weighted by molar-refractivity contribution is 0.775. The standard InChI is InChI=1S/C16H22ClN5S/c1-11(2)15-22-13(10-23-15)9-21-16(18-3)19-7-6-12-4-5-14(17)20-8-12/h4-5,8,10-11H,6-7,9H2,1-3H3,(H2,18,19,21). The van der Waals surface area contributed by atoms with Crippen molar-refractivity contribution in [1.82, 2.24) is 20.6 Å². The number of nitrogens with zero attached hydrogens (tertiary/aromatic N) is 3. The summed E-state index contributed by atoms with van der Waals surface area (Å²) in [5, 5.41) is 10.3. The van der Waals surface area contributed by atoms with Crippen LogP contribution in [0, 0.1) is 0 Å². The van der Waals surface area contributed by atoms with E-state index in [9.17, 15) is 0 Å². The third kappa shape index (κ3) is 5.80. The van der Waals surface area contributed by atoms with Crippen molar-refractivity contribution >= 4 is 28.9 Å². The lowest BCUT2D eigenvalue weighted by Gasteiger charge is -2.11. The fourth-order valence-electron chi connectivity index (χ4n) is 1.94. The zero-order chi connectivity index (χ0) is 16.7. The van der Waals surface area contributed by atoms with Crippen molar-refractivity contribution in [3.8, 4) is 0 Å². The van der Waals surface area contributed by atoms with Gasteiger partial charge in [-0.1, -0.05) is 31.5 Å². The van der Waals surface area contributed by atoms with Crippen LogP contribution in [0.3, 0.4) is 0 Å². The first-order chi connectivity index (χ1) is 11.1. The van der Waals surface area contributed by atoms with Crippen LogP contribution in [0.25, 0.3) is 0 Å². The highest BCUT2D eigenvalue weighted by molar-refractivity contribution is 7.09. The van der Waals surface area contributed by atoms with Crippen LogP contribution < -0.4 is 10.6 Å². The monoisotopic (exact) mass is 351 g/mol. The first-order valence-electron chi connectivity index (χ1n) is 7.57. The average Bonchev–Trinajstić information content (AvgIpc) is 3.01. The second-order valence-corrected chi connectivity index (χ2v) is 6.70. The van der Waals surface area contributed by atoms with E-state index in [4.69, 9.17) is 11.6 Å². The first kappa shape index (κ1) is 17.7. The molecule has 0 fully saturated rings. The van der Waals surface area contributed by atoms with Gasteiger partial charge in [0.15, 0.2) is 5.96 Å². The number of pyridine rings is 1. The molecule has 0 spiro atoms. The van der Waals surface area contributed by atoms with Gasteiger partial charge in [-0.2, -0.15) is 0 Å². The Morgan fingerprint density at radius 2 is 2.17 bits per heavy atom. The van der Waals surface area contributed by atoms with E-state index in [1.54, 1.807) is 30.6 Å². The van der Waals surface area contributed by atoms with E-state index >= 15 is 0 Å². The molecule has 0 radical (unpaired) electrons. The Bertz CT molecular complexity index is 636. The number of rotatable bonds is 6. The molecule has 2 aromatic heterocycles. The molecule has 0 atom stereocenters. The van der Waals surface area contributed by atoms with Crippen LogP contribution >= 0.6 is 22.9 Å². The van der Waals surface area contributed by atoms with Crippen molar-refractivity contribution in [2.45, 2.75) is 32.7 Å². The van der Waals surface area contributed by atoms with E-state index in [1.165, 1.54) is 5.01 Å². The molecule has 0 aliphatic heterocycles. The van der Waals surface area contributed by atoms with Crippen molar-refractivity contribution < 1.29 is 0 Å². The van der Waals surface area contributed by atoms with Gasteiger partial charge in [0.2, 0.25) is 0 Å². The molecule has 0 aromatic carbocycles. The second kappa shape index (κ2) is 8.84. The quantitative estimate of drug-likeness (QED) is 0.476. The summed E-state index contributed by atoms with van der Waals surface area (Å²) >= 11 is 7.48. The number of nitrogens with one attached hydrogen (secondary N) is 2. The molecule has 0 saturated carbocycles. The molecule has 0 unspecified atom stereocenters. The van der Waals surface area contributed by atoms with Crippen molar-refractivity contribution in [3.63, 3.8) is 0 Å². The van der Waals surface area contributed by atoms with E-state index in [0.717, 1.165) is 30.2 Å². The number of halogens is 1. The molecule has 2 rings (SSSR count). The number of hydrogen-bond donors (Lipinski definition) is 2. The first-order valence-corrected chi connectivity index (χ1v) is 8.83. The number of hydrogen-bond acceptors (Lipinski definition) is 4. The fourth-order valence-corrected chi connectivity index (χ4v) is 2.89. The lowest BCUT2D eigenvalue weighted by atomic mass is 10.2. The van der Waals surface area contributed by atoms with E-state index in [0.29, 0.717) is 17.6 Å². The molecule has 7 heteroatoms. The fraction of sp³-hybridized carbons (Fsp3) is 0.438. The van der Waals surface area contributed by atoms with Gasteiger partial charge in [-0.05, 0) is 18.1 Å². The Morgan fingerprint density at radius 3 is 2.78 bits per heavy atom. The van der Waals surface area contributed by atoms with E-state index < -0.39 is 0 Å². The van der Waals surface area contributed by atoms with Gasteiger partial charge in [0.1, 0.15) is 5.15 Å². The van der Waals surface area contributed by atoms with Gasteiger partial charge < -0.3 is 10.6 Å². The SMILES string of the molecule is CN=C(NCCc1ccc(Cl)nc1)NCc1csc(C(C)C)n1. The maximum Gasteiger partial charge on any atom is 0.191 e. The Kier molecular flexibility index (Phi) is 6.80. The third-order valence-corrected chi connectivity index (χ3v) is 4.64. The summed E-state index contributed by atoms with van der Waals surface area (Å²) in [6, 6.07) is 3.79. The number of guanidine groups is 1. The number of thiazole rings is 1. The van der Waals surface area contributed by atoms with Crippen LogP contribution in [0.15, 0.2) is 28.7 Å². The Labute approximate surface area is 146 Å². The Morgan fingerprint density at radius 1 is 1.35 bits per heavy atom. The number of aromatic nitrogens is 2. The topological polar surface area (TPSA) is 62.2 Å². The van der Waals surface area contributed by atoms with Crippen LogP contribution in [0.1, 0.15) is 36.0 Å². The predicted molar refractivity (Wildman–Crippen MR) is 97.4 cm³/mol. The minimum atomic E-state index is 0.471. The summed E-state index contributed by atoms with van der Waals surface area (Å²) in [5.74, 6) is 1.24. The van der Waals surface area contributed by atoms with Gasteiger partial charge in [-0.15, -0.1) is 11.3 Å². The molecule has 0 aliphatic carbocycles. The van der Waals surface area contributed by atoms with Gasteiger partial charge >= 0.3 is 0 Å². The van der Waals surface area contributed by atoms with Crippen molar-refractivity contribution in [2.24, 2.45) is 4.99 Å². The molecule has 2 N–H and O–H groups in total. The van der Waals surface area contributed by atoms with Crippen LogP contribution in [0.5, 0.6) is 0 Å². The van der Waals surface area contributed by atoms with Crippen LogP contribution in [0.4, 0.5) is 0 Å². The van der Waals surface area contributed by atoms with Gasteiger partial charge in [-0.3, -0.25) is 4.99 Å². The lowest BCUT2D eigenvalue weighted by Crippen LogP contribution is -2.37. The van der Waals surface area contributed by atoms with Gasteiger partial charge in [-0.25, -0.2) is 9.97 Å². The molecule has 23 heavy (non-hydrogen) atoms. The molecule has 0 saturated heterocycles. The van der Waals surface area contributed by atoms with Crippen LogP contribution in [-0.4, -0.2) is 29.5 Å². The molecule has 2 aromatic rings. The highest BCUT2D eigenvalue weighted by Crippen LogP contribution is 2.18. The molecular formula is C16H22ClN5S. The Hall–Kier alpha value is -1.66. The number of aliphatic imine (C=N–C) groups is 1. The maximum absolute atomic E-state index is 5.78. The van der Waals surface area contributed by atoms with Gasteiger partial charge in [0.25, 0.3) is 0 Å². The van der Waals surface area contributed by atoms with Crippen LogP contribution in [0.2, 0.25) is 5.15 Å². The van der Waals surface area contributed by atoms with Crippen molar-refractivity contribution in [1.29, 1.82) is 0 Å². The molecule has 0 amide bonds. The normalized spacial score (nSPS) is 11.8. The highest BCUT2D eigenvalue weighted by Gasteiger charge is 2.06. The Balaban J connectivity index is 1.75. The van der Waals surface area contributed by atoms with Gasteiger partial charge in [0.05, 0.1) is 17.2 Å². The molecule has 2 heterocycles. The average molecular weight is 352 g/mol. The third-order valence-electron chi connectivity index (χ3n) is 3.22. The molecular weight excluding hydrogens is 330 g/mol. The molecule has 0 aliphatic rings. The van der Waals surface area contributed by atoms with E-state index in [2.05, 4.69) is 44.8 Å². The summed E-state index contributed by atoms with van der Waals surface area (Å²) in [7, 11) is 1.76. The molecule has 5 nitrogen and oxygen atoms in total. The van der Waals surface area contributed by atoms with E-state index in [1.807, 2.05) is 6.07 Å². The summed E-state index contributed by atoms with van der Waals surface area (Å²) in [6.45, 7) is 5.76. The summed E-state index contributed by atoms with van der Waals surface area (Å²) in [5.41, 5.74) is 2.18. The van der Waals surface area contributed by atoms with E-state index in [-0.39, 0.29) is 0 Å². The second-order valence-electron chi connectivity index (χ2n) is 5.42. The summed E-state index contributed by atoms with van der Waals surface area (Å²) in [4.78, 5) is 12.9. The van der Waals surface area contributed by atoms with Crippen molar-refractivity contribution in [3.05, 3.63) is 45.1 Å². The minimum Gasteiger partial charge on any atom is -0.356 e. The largest absolute Gasteiger partial charge is 0.356 e. The zero-order valence-electron chi connectivity index (χ0n) is 13.6. The van der Waals surface area contributed by atoms with Crippen LogP contribution in [-0.2, 0) is 13.0 Å². The summed E-state index contributed by atoms with van der Waals surface area (Å²) in [6.07, 6.45) is 2.65. The van der Waals surface area contributed by atoms with Gasteiger partial charge in [0, 0.05) is 31.1 Å². The molecule has 124 valence electrons. The highest BCUT2D eigenvalue weighted by atomic mass is 35.5. The smallest absolute Gasteiger partial charge is 0.191 e. The summed E-state index contributed by atoms with van der Waals surface area (Å²) < 4.78 is 0. The minimum absolute atomic E-state index is 0.471. The van der Waals surface area contributed by atoms with Crippen molar-refractivity contribution in [2.75, 3.05) is 13.6 Å².